The first kappa shape index (κ1) is 41.1. The van der Waals surface area contributed by atoms with Gasteiger partial charge in [0.2, 0.25) is 0 Å². The van der Waals surface area contributed by atoms with Crippen LogP contribution in [0.2, 0.25) is 0 Å². The van der Waals surface area contributed by atoms with E-state index in [1.54, 1.807) is 0 Å². The van der Waals surface area contributed by atoms with Crippen molar-refractivity contribution in [3.8, 4) is 17.2 Å². The Hall–Kier alpha value is -3.10. The predicted octanol–water partition coefficient (Wildman–Crippen LogP) is 9.24. The van der Waals surface area contributed by atoms with Crippen molar-refractivity contribution in [1.82, 2.24) is 0 Å². The molecule has 2 unspecified atom stereocenters. The van der Waals surface area contributed by atoms with Gasteiger partial charge in [0.15, 0.2) is 0 Å². The Bertz CT molecular complexity index is 1820. The van der Waals surface area contributed by atoms with Crippen LogP contribution in [0.4, 0.5) is 0 Å². The zero-order valence-corrected chi connectivity index (χ0v) is 36.3. The number of ether oxygens (including phenoxy) is 5. The fourth-order valence-corrected chi connectivity index (χ4v) is 9.14. The summed E-state index contributed by atoms with van der Waals surface area (Å²) in [5.74, 6) is 2.61. The Kier molecular flexibility index (Phi) is 10.7. The molecule has 2 spiro atoms. The summed E-state index contributed by atoms with van der Waals surface area (Å²) in [6.45, 7) is 28.4. The highest BCUT2D eigenvalue weighted by Gasteiger charge is 2.83. The molecule has 3 fully saturated rings. The largest absolute Gasteiger partial charge is 0.493 e. The summed E-state index contributed by atoms with van der Waals surface area (Å²) in [6, 6.07) is 13.8. The Morgan fingerprint density at radius 3 is 1.09 bits per heavy atom. The molecular weight excluding hydrogens is 701 g/mol. The van der Waals surface area contributed by atoms with Gasteiger partial charge < -0.3 is 33.9 Å². The standard InChI is InChI=1S/C49H68O7/c1-13-16-52-39-29-19-31-23-36(46(7,8)9)25-33(40(31)53-17-14-2)27-48-42(55-48)38(50)43-49(56-43,44(48)51)28-34-26-37(47(10,11)12)24-32(41(34)54-18-15-3)20-30(39)22-35(21-29)45(4,5)6/h21-26,38,42-44,50-51H,13-20,27-28H2,1-12H3/t38?,42-,43+,44?,48+,49-. The quantitative estimate of drug-likeness (QED) is 0.210. The molecular formula is C49H68O7. The van der Waals surface area contributed by atoms with Crippen molar-refractivity contribution in [3.05, 3.63) is 86.5 Å². The van der Waals surface area contributed by atoms with Crippen LogP contribution in [0.15, 0.2) is 36.4 Å². The van der Waals surface area contributed by atoms with Crippen LogP contribution < -0.4 is 14.2 Å². The third-order valence-electron chi connectivity index (χ3n) is 12.5. The van der Waals surface area contributed by atoms with Crippen LogP contribution in [0.1, 0.15) is 152 Å². The van der Waals surface area contributed by atoms with Gasteiger partial charge >= 0.3 is 0 Å². The minimum absolute atomic E-state index is 0.114. The number of hydrogen-bond acceptors (Lipinski definition) is 7. The van der Waals surface area contributed by atoms with E-state index in [0.717, 1.165) is 69.9 Å². The van der Waals surface area contributed by atoms with Crippen molar-refractivity contribution in [2.24, 2.45) is 0 Å². The van der Waals surface area contributed by atoms with Crippen LogP contribution in [0, 0.1) is 0 Å². The van der Waals surface area contributed by atoms with Crippen molar-refractivity contribution in [1.29, 1.82) is 0 Å². The average molecular weight is 769 g/mol. The van der Waals surface area contributed by atoms with E-state index in [1.807, 2.05) is 0 Å². The number of epoxide rings is 2. The van der Waals surface area contributed by atoms with Crippen LogP contribution in [0.25, 0.3) is 0 Å². The fourth-order valence-electron chi connectivity index (χ4n) is 9.14. The van der Waals surface area contributed by atoms with Gasteiger partial charge in [-0.25, -0.2) is 0 Å². The second-order valence-electron chi connectivity index (χ2n) is 20.3. The van der Waals surface area contributed by atoms with E-state index in [2.05, 4.69) is 119 Å². The smallest absolute Gasteiger partial charge is 0.130 e. The van der Waals surface area contributed by atoms with Gasteiger partial charge in [0, 0.05) is 25.7 Å². The lowest BCUT2D eigenvalue weighted by atomic mass is 9.71. The van der Waals surface area contributed by atoms with Crippen LogP contribution in [-0.4, -0.2) is 65.7 Å². The summed E-state index contributed by atoms with van der Waals surface area (Å²) in [5.41, 5.74) is 7.58. The third-order valence-corrected chi connectivity index (χ3v) is 12.5. The van der Waals surface area contributed by atoms with Gasteiger partial charge in [0.25, 0.3) is 0 Å². The molecule has 2 N–H and O–H groups in total. The Labute approximate surface area is 336 Å². The van der Waals surface area contributed by atoms with E-state index in [1.165, 1.54) is 16.7 Å². The Morgan fingerprint density at radius 1 is 0.518 bits per heavy atom. The molecule has 0 amide bonds. The molecule has 306 valence electrons. The maximum atomic E-state index is 12.6. The highest BCUT2D eigenvalue weighted by molar-refractivity contribution is 5.58. The molecule has 8 bridgehead atoms. The van der Waals surface area contributed by atoms with Crippen molar-refractivity contribution in [3.63, 3.8) is 0 Å². The van der Waals surface area contributed by atoms with Gasteiger partial charge in [-0.15, -0.1) is 0 Å². The topological polar surface area (TPSA) is 93.2 Å². The highest BCUT2D eigenvalue weighted by Crippen LogP contribution is 2.63. The van der Waals surface area contributed by atoms with Crippen LogP contribution in [0.3, 0.4) is 0 Å². The second kappa shape index (κ2) is 14.6. The Morgan fingerprint density at radius 2 is 0.804 bits per heavy atom. The first-order valence-electron chi connectivity index (χ1n) is 21.4. The van der Waals surface area contributed by atoms with Crippen molar-refractivity contribution >= 4 is 0 Å². The molecule has 0 radical (unpaired) electrons. The fraction of sp³-hybridized carbons (Fsp3) is 0.633. The summed E-state index contributed by atoms with van der Waals surface area (Å²) in [7, 11) is 0. The van der Waals surface area contributed by atoms with Gasteiger partial charge in [-0.05, 0) is 85.6 Å². The summed E-state index contributed by atoms with van der Waals surface area (Å²) in [4.78, 5) is 0. The minimum Gasteiger partial charge on any atom is -0.493 e. The van der Waals surface area contributed by atoms with Crippen molar-refractivity contribution in [2.45, 2.75) is 180 Å². The number of aliphatic hydroxyl groups is 2. The van der Waals surface area contributed by atoms with Gasteiger partial charge in [-0.3, -0.25) is 0 Å². The SMILES string of the molecule is CCCOc1c2cc(C(C)(C)C)cc1Cc1cc(C(C)(C)C)cc(c1OCCC)C[C@]13O[C@@H]1C(O)[C@@H]1O[C@@]1(Cc1cc(C(C)(C)C)cc(c1OCCC)C2)C3O. The van der Waals surface area contributed by atoms with Gasteiger partial charge in [0.05, 0.1) is 19.8 Å². The molecule has 3 aromatic carbocycles. The molecule has 4 aliphatic rings. The van der Waals surface area contributed by atoms with Gasteiger partial charge in [-0.2, -0.15) is 0 Å². The summed E-state index contributed by atoms with van der Waals surface area (Å²) in [6.07, 6.45) is 1.70. The highest BCUT2D eigenvalue weighted by atomic mass is 16.7. The number of hydrogen-bond donors (Lipinski definition) is 2. The number of rotatable bonds is 9. The second-order valence-corrected chi connectivity index (χ2v) is 20.3. The number of benzene rings is 3. The minimum atomic E-state index is -1.02. The molecule has 3 aromatic rings. The van der Waals surface area contributed by atoms with E-state index in [9.17, 15) is 10.2 Å². The predicted molar refractivity (Wildman–Crippen MR) is 223 cm³/mol. The molecule has 7 rings (SSSR count). The van der Waals surface area contributed by atoms with Gasteiger partial charge in [0.1, 0.15) is 52.9 Å². The third kappa shape index (κ3) is 7.40. The lowest BCUT2D eigenvalue weighted by Gasteiger charge is -2.33. The maximum absolute atomic E-state index is 12.6. The van der Waals surface area contributed by atoms with E-state index in [0.29, 0.717) is 45.5 Å². The van der Waals surface area contributed by atoms with E-state index >= 15 is 0 Å². The molecule has 0 aromatic heterocycles. The first-order valence-corrected chi connectivity index (χ1v) is 21.4. The van der Waals surface area contributed by atoms with Gasteiger partial charge in [-0.1, -0.05) is 119 Å². The number of fused-ring (bicyclic) bond motifs is 6. The normalized spacial score (nSPS) is 26.9. The molecule has 7 heteroatoms. The van der Waals surface area contributed by atoms with Crippen LogP contribution in [0.5, 0.6) is 17.2 Å². The van der Waals surface area contributed by atoms with Crippen molar-refractivity contribution in [2.75, 3.05) is 19.8 Å². The summed E-state index contributed by atoms with van der Waals surface area (Å²) in [5, 5.41) is 24.5. The summed E-state index contributed by atoms with van der Waals surface area (Å²) >= 11 is 0. The number of aliphatic hydroxyl groups excluding tert-OH is 2. The molecule has 2 aliphatic carbocycles. The zero-order valence-electron chi connectivity index (χ0n) is 36.3. The molecule has 6 atom stereocenters. The zero-order chi connectivity index (χ0) is 40.6. The molecule has 7 nitrogen and oxygen atoms in total. The first-order chi connectivity index (χ1) is 26.3. The lowest BCUT2D eigenvalue weighted by Crippen LogP contribution is -2.55. The molecule has 1 saturated carbocycles. The molecule has 2 aliphatic heterocycles. The maximum Gasteiger partial charge on any atom is 0.130 e. The van der Waals surface area contributed by atoms with Crippen LogP contribution in [-0.2, 0) is 51.4 Å². The van der Waals surface area contributed by atoms with E-state index < -0.39 is 35.6 Å². The summed E-state index contributed by atoms with van der Waals surface area (Å²) < 4.78 is 33.5. The monoisotopic (exact) mass is 768 g/mol. The molecule has 56 heavy (non-hydrogen) atoms. The average Bonchev–Trinajstić information content (AvgIpc) is 4.03. The molecule has 2 saturated heterocycles. The Balaban J connectivity index is 1.56. The van der Waals surface area contributed by atoms with E-state index in [-0.39, 0.29) is 16.2 Å². The lowest BCUT2D eigenvalue weighted by molar-refractivity contribution is 0.00437. The molecule has 2 heterocycles. The van der Waals surface area contributed by atoms with Crippen LogP contribution >= 0.6 is 0 Å². The van der Waals surface area contributed by atoms with Crippen molar-refractivity contribution < 1.29 is 33.9 Å². The van der Waals surface area contributed by atoms with E-state index in [4.69, 9.17) is 23.7 Å².